The maximum Gasteiger partial charge on any atom is 0.185 e. The Morgan fingerprint density at radius 3 is 2.73 bits per heavy atom. The second-order valence-electron chi connectivity index (χ2n) is 5.14. The van der Waals surface area contributed by atoms with E-state index in [1.807, 2.05) is 31.2 Å². The zero-order valence-corrected chi connectivity index (χ0v) is 12.6. The number of aryl methyl sites for hydroxylation is 1. The molecule has 112 valence electrons. The van der Waals surface area contributed by atoms with Gasteiger partial charge >= 0.3 is 0 Å². The third-order valence-corrected chi connectivity index (χ3v) is 3.47. The zero-order valence-electron chi connectivity index (χ0n) is 12.6. The van der Waals surface area contributed by atoms with Crippen LogP contribution in [0.2, 0.25) is 0 Å². The summed E-state index contributed by atoms with van der Waals surface area (Å²) < 4.78 is 5.23. The minimum atomic E-state index is 0.0207. The van der Waals surface area contributed by atoms with Gasteiger partial charge in [0.1, 0.15) is 16.7 Å². The standard InChI is InChI=1S/C17H17N3O2/c1-4-5-12-9-15(17(21)16(10-12)22-3)20-18-13-7-6-11(2)8-14(13)19-20/h4,6-10,21H,1,5H2,2-3H3. The smallest absolute Gasteiger partial charge is 0.185 e. The number of phenolic OH excluding ortho intramolecular Hbond substituents is 1. The number of rotatable bonds is 4. The SMILES string of the molecule is C=CCc1cc(OC)c(O)c(-n2nc3ccc(C)cc3n2)c1. The van der Waals surface area contributed by atoms with Crippen LogP contribution >= 0.6 is 0 Å². The molecule has 0 saturated heterocycles. The van der Waals surface area contributed by atoms with Gasteiger partial charge in [-0.1, -0.05) is 12.1 Å². The van der Waals surface area contributed by atoms with Gasteiger partial charge in [-0.2, -0.15) is 0 Å². The number of aromatic nitrogens is 3. The quantitative estimate of drug-likeness (QED) is 0.751. The average molecular weight is 295 g/mol. The van der Waals surface area contributed by atoms with E-state index in [1.54, 1.807) is 12.1 Å². The van der Waals surface area contributed by atoms with Crippen molar-refractivity contribution in [1.29, 1.82) is 0 Å². The summed E-state index contributed by atoms with van der Waals surface area (Å²) in [6.45, 7) is 5.74. The molecule has 0 saturated carbocycles. The molecule has 5 nitrogen and oxygen atoms in total. The van der Waals surface area contributed by atoms with Crippen molar-refractivity contribution in [2.75, 3.05) is 7.11 Å². The number of phenols is 1. The Labute approximate surface area is 128 Å². The predicted molar refractivity (Wildman–Crippen MR) is 85.7 cm³/mol. The summed E-state index contributed by atoms with van der Waals surface area (Å²) in [7, 11) is 1.52. The van der Waals surface area contributed by atoms with Gasteiger partial charge in [-0.3, -0.25) is 0 Å². The first-order valence-corrected chi connectivity index (χ1v) is 6.97. The lowest BCUT2D eigenvalue weighted by molar-refractivity contribution is 0.370. The molecular formula is C17H17N3O2. The van der Waals surface area contributed by atoms with Crippen molar-refractivity contribution in [3.63, 3.8) is 0 Å². The van der Waals surface area contributed by atoms with Gasteiger partial charge < -0.3 is 9.84 Å². The minimum absolute atomic E-state index is 0.0207. The van der Waals surface area contributed by atoms with Gasteiger partial charge in [0, 0.05) is 0 Å². The Bertz CT molecular complexity index is 852. The van der Waals surface area contributed by atoms with E-state index in [-0.39, 0.29) is 5.75 Å². The normalized spacial score (nSPS) is 10.8. The number of nitrogens with zero attached hydrogens (tertiary/aromatic N) is 3. The summed E-state index contributed by atoms with van der Waals surface area (Å²) in [5.74, 6) is 0.416. The van der Waals surface area contributed by atoms with Gasteiger partial charge in [-0.15, -0.1) is 21.6 Å². The second-order valence-corrected chi connectivity index (χ2v) is 5.14. The van der Waals surface area contributed by atoms with Crippen LogP contribution < -0.4 is 4.74 Å². The van der Waals surface area contributed by atoms with E-state index in [0.717, 1.165) is 22.2 Å². The Kier molecular flexibility index (Phi) is 3.55. The van der Waals surface area contributed by atoms with Crippen LogP contribution in [0.1, 0.15) is 11.1 Å². The summed E-state index contributed by atoms with van der Waals surface area (Å²) in [4.78, 5) is 1.44. The topological polar surface area (TPSA) is 60.2 Å². The molecule has 0 radical (unpaired) electrons. The van der Waals surface area contributed by atoms with Crippen LogP contribution in [0, 0.1) is 6.92 Å². The lowest BCUT2D eigenvalue weighted by Gasteiger charge is -2.10. The highest BCUT2D eigenvalue weighted by Gasteiger charge is 2.14. The van der Waals surface area contributed by atoms with Crippen molar-refractivity contribution in [1.82, 2.24) is 15.0 Å². The highest BCUT2D eigenvalue weighted by molar-refractivity contribution is 5.75. The van der Waals surface area contributed by atoms with Crippen LogP contribution in [0.5, 0.6) is 11.5 Å². The number of hydrogen-bond donors (Lipinski definition) is 1. The molecule has 0 aliphatic heterocycles. The summed E-state index contributed by atoms with van der Waals surface area (Å²) >= 11 is 0. The van der Waals surface area contributed by atoms with Gasteiger partial charge in [-0.05, 0) is 48.7 Å². The second kappa shape index (κ2) is 5.52. The molecule has 0 aliphatic carbocycles. The van der Waals surface area contributed by atoms with E-state index in [0.29, 0.717) is 17.9 Å². The van der Waals surface area contributed by atoms with Crippen molar-refractivity contribution < 1.29 is 9.84 Å². The van der Waals surface area contributed by atoms with Crippen LogP contribution in [-0.2, 0) is 6.42 Å². The third kappa shape index (κ3) is 2.41. The molecule has 1 aromatic heterocycles. The van der Waals surface area contributed by atoms with E-state index in [2.05, 4.69) is 16.8 Å². The Balaban J connectivity index is 2.19. The summed E-state index contributed by atoms with van der Waals surface area (Å²) in [5.41, 5.74) is 4.13. The number of benzene rings is 2. The molecule has 2 aromatic carbocycles. The third-order valence-electron chi connectivity index (χ3n) is 3.47. The van der Waals surface area contributed by atoms with Crippen LogP contribution in [0.25, 0.3) is 16.7 Å². The molecule has 0 bridgehead atoms. The summed E-state index contributed by atoms with van der Waals surface area (Å²) in [6.07, 6.45) is 2.47. The van der Waals surface area contributed by atoms with Crippen LogP contribution in [0.4, 0.5) is 0 Å². The van der Waals surface area contributed by atoms with Gasteiger partial charge in [0.05, 0.1) is 7.11 Å². The van der Waals surface area contributed by atoms with Crippen molar-refractivity contribution in [2.24, 2.45) is 0 Å². The van der Waals surface area contributed by atoms with Crippen molar-refractivity contribution in [2.45, 2.75) is 13.3 Å². The molecule has 0 fully saturated rings. The van der Waals surface area contributed by atoms with E-state index in [1.165, 1.54) is 11.9 Å². The molecule has 3 rings (SSSR count). The Hall–Kier alpha value is -2.82. The van der Waals surface area contributed by atoms with E-state index >= 15 is 0 Å². The predicted octanol–water partition coefficient (Wildman–Crippen LogP) is 3.17. The van der Waals surface area contributed by atoms with Gasteiger partial charge in [0.25, 0.3) is 0 Å². The number of methoxy groups -OCH3 is 1. The fourth-order valence-electron chi connectivity index (χ4n) is 2.37. The van der Waals surface area contributed by atoms with Crippen LogP contribution in [-0.4, -0.2) is 27.2 Å². The molecular weight excluding hydrogens is 278 g/mol. The maximum absolute atomic E-state index is 10.4. The molecule has 0 spiro atoms. The van der Waals surface area contributed by atoms with Crippen molar-refractivity contribution in [3.05, 3.63) is 54.1 Å². The molecule has 0 atom stereocenters. The zero-order chi connectivity index (χ0) is 15.7. The molecule has 0 aliphatic rings. The molecule has 3 aromatic rings. The number of ether oxygens (including phenoxy) is 1. The molecule has 5 heteroatoms. The maximum atomic E-state index is 10.4. The first-order valence-electron chi connectivity index (χ1n) is 6.97. The van der Waals surface area contributed by atoms with Gasteiger partial charge in [0.15, 0.2) is 11.5 Å². The lowest BCUT2D eigenvalue weighted by atomic mass is 10.1. The van der Waals surface area contributed by atoms with Crippen molar-refractivity contribution >= 4 is 11.0 Å². The minimum Gasteiger partial charge on any atom is -0.503 e. The fourth-order valence-corrected chi connectivity index (χ4v) is 2.37. The first-order chi connectivity index (χ1) is 10.6. The van der Waals surface area contributed by atoms with E-state index in [9.17, 15) is 5.11 Å². The molecule has 22 heavy (non-hydrogen) atoms. The summed E-state index contributed by atoms with van der Waals surface area (Å²) in [6, 6.07) is 9.48. The van der Waals surface area contributed by atoms with Crippen molar-refractivity contribution in [3.8, 4) is 17.2 Å². The molecule has 1 heterocycles. The Morgan fingerprint density at radius 1 is 1.23 bits per heavy atom. The van der Waals surface area contributed by atoms with E-state index in [4.69, 9.17) is 4.74 Å². The number of allylic oxidation sites excluding steroid dienone is 1. The molecule has 0 unspecified atom stereocenters. The fraction of sp³-hybridized carbons (Fsp3) is 0.176. The number of hydrogen-bond acceptors (Lipinski definition) is 4. The molecule has 0 amide bonds. The largest absolute Gasteiger partial charge is 0.503 e. The lowest BCUT2D eigenvalue weighted by Crippen LogP contribution is -2.01. The first kappa shape index (κ1) is 14.1. The highest BCUT2D eigenvalue weighted by Crippen LogP contribution is 2.34. The van der Waals surface area contributed by atoms with Crippen LogP contribution in [0.15, 0.2) is 43.0 Å². The average Bonchev–Trinajstić information content (AvgIpc) is 2.91. The number of fused-ring (bicyclic) bond motifs is 1. The number of aromatic hydroxyl groups is 1. The summed E-state index contributed by atoms with van der Waals surface area (Å²) in [5, 5.41) is 19.2. The van der Waals surface area contributed by atoms with Crippen LogP contribution in [0.3, 0.4) is 0 Å². The van der Waals surface area contributed by atoms with Gasteiger partial charge in [-0.25, -0.2) is 0 Å². The molecule has 1 N–H and O–H groups in total. The monoisotopic (exact) mass is 295 g/mol. The van der Waals surface area contributed by atoms with E-state index < -0.39 is 0 Å². The van der Waals surface area contributed by atoms with Gasteiger partial charge in [0.2, 0.25) is 0 Å². The Morgan fingerprint density at radius 2 is 2.00 bits per heavy atom. The highest BCUT2D eigenvalue weighted by atomic mass is 16.5.